The van der Waals surface area contributed by atoms with Gasteiger partial charge in [0.15, 0.2) is 5.52 Å². The molecule has 4 rings (SSSR count). The van der Waals surface area contributed by atoms with Crippen molar-refractivity contribution in [3.8, 4) is 0 Å². The van der Waals surface area contributed by atoms with Crippen LogP contribution in [0.2, 0.25) is 5.02 Å². The topological polar surface area (TPSA) is 103 Å². The molecular weight excluding hydrogens is 402 g/mol. The molecule has 0 unspecified atom stereocenters. The molecular formula is C18H16ClN5O3S. The van der Waals surface area contributed by atoms with Crippen LogP contribution in [-0.4, -0.2) is 28.5 Å². The average Bonchev–Trinajstić information content (AvgIpc) is 3.24. The Kier molecular flexibility index (Phi) is 4.56. The Morgan fingerprint density at radius 2 is 1.86 bits per heavy atom. The van der Waals surface area contributed by atoms with Gasteiger partial charge in [0.25, 0.3) is 10.0 Å². The van der Waals surface area contributed by atoms with Crippen molar-refractivity contribution in [1.29, 1.82) is 0 Å². The lowest BCUT2D eigenvalue weighted by molar-refractivity contribution is 0.315. The molecule has 0 aliphatic carbocycles. The van der Waals surface area contributed by atoms with E-state index in [4.69, 9.17) is 11.6 Å². The zero-order valence-corrected chi connectivity index (χ0v) is 16.6. The summed E-state index contributed by atoms with van der Waals surface area (Å²) in [5, 5.41) is 12.5. The fourth-order valence-corrected chi connectivity index (χ4v) is 4.40. The molecule has 4 aromatic rings. The zero-order valence-electron chi connectivity index (χ0n) is 15.0. The number of rotatable bonds is 5. The summed E-state index contributed by atoms with van der Waals surface area (Å²) in [5.41, 5.74) is 3.25. The van der Waals surface area contributed by atoms with Crippen LogP contribution in [0.3, 0.4) is 0 Å². The van der Waals surface area contributed by atoms with Gasteiger partial charge < -0.3 is 0 Å². The van der Waals surface area contributed by atoms with Crippen LogP contribution in [0.1, 0.15) is 17.0 Å². The number of nitrogens with one attached hydrogen (secondary N) is 1. The monoisotopic (exact) mass is 417 g/mol. The van der Waals surface area contributed by atoms with Crippen LogP contribution in [-0.2, 0) is 16.6 Å². The predicted molar refractivity (Wildman–Crippen MR) is 105 cm³/mol. The van der Waals surface area contributed by atoms with E-state index in [1.165, 1.54) is 6.07 Å². The summed E-state index contributed by atoms with van der Waals surface area (Å²) in [5.74, 6) is 0. The molecule has 28 heavy (non-hydrogen) atoms. The standard InChI is InChI=1S/C18H16ClN5O3S/c1-11-17(12(2)24(20-11)10-13-6-8-14(19)9-7-13)23-28(25,26)16-5-3-4-15-18(16)22-27-21-15/h3-9,23H,10H2,1-2H3. The molecule has 8 nitrogen and oxygen atoms in total. The van der Waals surface area contributed by atoms with Gasteiger partial charge in [-0.1, -0.05) is 29.8 Å². The smallest absolute Gasteiger partial charge is 0.264 e. The molecule has 0 spiro atoms. The molecule has 0 bridgehead atoms. The minimum Gasteiger partial charge on any atom is -0.276 e. The largest absolute Gasteiger partial charge is 0.276 e. The fraction of sp³-hybridized carbons (Fsp3) is 0.167. The van der Waals surface area contributed by atoms with Crippen molar-refractivity contribution in [3.05, 3.63) is 64.4 Å². The van der Waals surface area contributed by atoms with E-state index >= 15 is 0 Å². The molecule has 0 saturated heterocycles. The van der Waals surface area contributed by atoms with Gasteiger partial charge in [-0.2, -0.15) is 5.10 Å². The van der Waals surface area contributed by atoms with Gasteiger partial charge in [-0.3, -0.25) is 9.40 Å². The van der Waals surface area contributed by atoms with Crippen LogP contribution < -0.4 is 4.72 Å². The molecule has 2 aromatic carbocycles. The van der Waals surface area contributed by atoms with Crippen molar-refractivity contribution >= 4 is 38.3 Å². The van der Waals surface area contributed by atoms with Gasteiger partial charge in [-0.15, -0.1) is 0 Å². The highest BCUT2D eigenvalue weighted by Gasteiger charge is 2.23. The summed E-state index contributed by atoms with van der Waals surface area (Å²) >= 11 is 5.92. The van der Waals surface area contributed by atoms with Gasteiger partial charge in [0.2, 0.25) is 0 Å². The van der Waals surface area contributed by atoms with E-state index < -0.39 is 10.0 Å². The summed E-state index contributed by atoms with van der Waals surface area (Å²) < 4.78 is 34.9. The molecule has 10 heteroatoms. The quantitative estimate of drug-likeness (QED) is 0.532. The maximum absolute atomic E-state index is 13.0. The second-order valence-electron chi connectivity index (χ2n) is 6.32. The van der Waals surface area contributed by atoms with Gasteiger partial charge in [0.05, 0.1) is 23.6 Å². The number of anilines is 1. The van der Waals surface area contributed by atoms with Gasteiger partial charge in [0, 0.05) is 5.02 Å². The number of hydrogen-bond donors (Lipinski definition) is 1. The summed E-state index contributed by atoms with van der Waals surface area (Å²) in [7, 11) is -3.90. The summed E-state index contributed by atoms with van der Waals surface area (Å²) in [6, 6.07) is 12.1. The van der Waals surface area contributed by atoms with Gasteiger partial charge in [-0.25, -0.2) is 13.0 Å². The number of aromatic nitrogens is 4. The third-order valence-corrected chi connectivity index (χ3v) is 6.04. The van der Waals surface area contributed by atoms with Crippen LogP contribution in [0.4, 0.5) is 5.69 Å². The number of hydrogen-bond acceptors (Lipinski definition) is 6. The molecule has 2 aromatic heterocycles. The van der Waals surface area contributed by atoms with Crippen LogP contribution in [0.15, 0.2) is 52.0 Å². The van der Waals surface area contributed by atoms with Crippen molar-refractivity contribution in [2.24, 2.45) is 0 Å². The van der Waals surface area contributed by atoms with Crippen molar-refractivity contribution < 1.29 is 13.0 Å². The van der Waals surface area contributed by atoms with Crippen LogP contribution in [0.5, 0.6) is 0 Å². The van der Waals surface area contributed by atoms with E-state index in [1.54, 1.807) is 35.9 Å². The third-order valence-electron chi connectivity index (χ3n) is 4.40. The molecule has 0 amide bonds. The van der Waals surface area contributed by atoms with Crippen molar-refractivity contribution in [2.45, 2.75) is 25.3 Å². The Morgan fingerprint density at radius 3 is 2.61 bits per heavy atom. The maximum Gasteiger partial charge on any atom is 0.264 e. The highest BCUT2D eigenvalue weighted by atomic mass is 35.5. The molecule has 0 aliphatic heterocycles. The van der Waals surface area contributed by atoms with Crippen molar-refractivity contribution in [3.63, 3.8) is 0 Å². The van der Waals surface area contributed by atoms with E-state index in [1.807, 2.05) is 19.1 Å². The SMILES string of the molecule is Cc1nn(Cc2ccc(Cl)cc2)c(C)c1NS(=O)(=O)c1cccc2nonc12. The summed E-state index contributed by atoms with van der Waals surface area (Å²) in [6.45, 7) is 4.06. The lowest BCUT2D eigenvalue weighted by Gasteiger charge is -2.09. The number of nitrogens with zero attached hydrogens (tertiary/aromatic N) is 4. The number of aryl methyl sites for hydroxylation is 1. The second kappa shape index (κ2) is 6.92. The fourth-order valence-electron chi connectivity index (χ4n) is 2.95. The van der Waals surface area contributed by atoms with Gasteiger partial charge in [0.1, 0.15) is 10.4 Å². The normalized spacial score (nSPS) is 11.8. The lowest BCUT2D eigenvalue weighted by atomic mass is 10.2. The lowest BCUT2D eigenvalue weighted by Crippen LogP contribution is -2.15. The third kappa shape index (κ3) is 3.34. The molecule has 0 saturated carbocycles. The van der Waals surface area contributed by atoms with E-state index in [0.717, 1.165) is 5.56 Å². The number of fused-ring (bicyclic) bond motifs is 1. The minimum absolute atomic E-state index is 0.00417. The number of halogens is 1. The summed E-state index contributed by atoms with van der Waals surface area (Å²) in [6.07, 6.45) is 0. The molecule has 144 valence electrons. The Bertz CT molecular complexity index is 1260. The summed E-state index contributed by atoms with van der Waals surface area (Å²) in [4.78, 5) is -0.00417. The first-order valence-corrected chi connectivity index (χ1v) is 10.2. The highest BCUT2D eigenvalue weighted by Crippen LogP contribution is 2.27. The minimum atomic E-state index is -3.90. The maximum atomic E-state index is 13.0. The average molecular weight is 418 g/mol. The molecule has 2 heterocycles. The molecule has 0 aliphatic rings. The molecule has 0 atom stereocenters. The van der Waals surface area contributed by atoms with Gasteiger partial charge in [-0.05, 0) is 54.0 Å². The van der Waals surface area contributed by atoms with Crippen molar-refractivity contribution in [1.82, 2.24) is 20.1 Å². The number of benzene rings is 2. The Balaban J connectivity index is 1.67. The van der Waals surface area contributed by atoms with Crippen molar-refractivity contribution in [2.75, 3.05) is 4.72 Å². The molecule has 1 N–H and O–H groups in total. The zero-order chi connectivity index (χ0) is 19.9. The first kappa shape index (κ1) is 18.5. The van der Waals surface area contributed by atoms with E-state index in [-0.39, 0.29) is 10.4 Å². The van der Waals surface area contributed by atoms with Crippen LogP contribution >= 0.6 is 11.6 Å². The van der Waals surface area contributed by atoms with E-state index in [2.05, 4.69) is 24.8 Å². The molecule has 0 radical (unpaired) electrons. The highest BCUT2D eigenvalue weighted by molar-refractivity contribution is 7.93. The Hall–Kier alpha value is -2.91. The first-order chi connectivity index (χ1) is 13.3. The Labute approximate surface area is 166 Å². The molecule has 0 fully saturated rings. The van der Waals surface area contributed by atoms with E-state index in [9.17, 15) is 8.42 Å². The second-order valence-corrected chi connectivity index (χ2v) is 8.41. The van der Waals surface area contributed by atoms with Gasteiger partial charge >= 0.3 is 0 Å². The van der Waals surface area contributed by atoms with Crippen LogP contribution in [0, 0.1) is 13.8 Å². The van der Waals surface area contributed by atoms with Crippen LogP contribution in [0.25, 0.3) is 11.0 Å². The Morgan fingerprint density at radius 1 is 1.11 bits per heavy atom. The number of sulfonamides is 1. The predicted octanol–water partition coefficient (Wildman–Crippen LogP) is 3.54. The first-order valence-electron chi connectivity index (χ1n) is 8.38. The van der Waals surface area contributed by atoms with E-state index in [0.29, 0.717) is 34.2 Å².